The predicted octanol–water partition coefficient (Wildman–Crippen LogP) is 1.82. The summed E-state index contributed by atoms with van der Waals surface area (Å²) in [6.45, 7) is 0. The van der Waals surface area contributed by atoms with Crippen molar-refractivity contribution in [3.05, 3.63) is 0 Å². The Kier molecular flexibility index (Phi) is 4.96. The predicted molar refractivity (Wildman–Crippen MR) is 75.4 cm³/mol. The molecule has 3 unspecified atom stereocenters. The highest BCUT2D eigenvalue weighted by molar-refractivity contribution is 7.99. The lowest BCUT2D eigenvalue weighted by Crippen LogP contribution is -2.52. The minimum atomic E-state index is -0.928. The van der Waals surface area contributed by atoms with Crippen LogP contribution < -0.4 is 10.6 Å². The number of nitrogens with one attached hydrogen (secondary N) is 2. The lowest BCUT2D eigenvalue weighted by molar-refractivity contribution is -0.139. The molecule has 0 aromatic carbocycles. The first kappa shape index (κ1) is 14.5. The molecule has 2 saturated carbocycles. The Morgan fingerprint density at radius 1 is 1.21 bits per heavy atom. The monoisotopic (exact) mass is 286 g/mol. The van der Waals surface area contributed by atoms with Crippen LogP contribution in [-0.2, 0) is 4.79 Å². The molecule has 0 spiro atoms. The van der Waals surface area contributed by atoms with Gasteiger partial charge >= 0.3 is 12.0 Å². The third-order valence-corrected chi connectivity index (χ3v) is 5.14. The standard InChI is InChI=1S/C13H22N2O3S/c1-19-10-5-3-2-4-9(10)14-13(18)15-11(12(16)17)8-6-7-8/h8-11H,2-7H2,1H3,(H,16,17)(H2,14,15,18). The molecule has 6 heteroatoms. The van der Waals surface area contributed by atoms with E-state index in [-0.39, 0.29) is 18.0 Å². The second kappa shape index (κ2) is 6.50. The van der Waals surface area contributed by atoms with Gasteiger partial charge in [-0.1, -0.05) is 12.8 Å². The van der Waals surface area contributed by atoms with Gasteiger partial charge in [0, 0.05) is 11.3 Å². The summed E-state index contributed by atoms with van der Waals surface area (Å²) >= 11 is 1.78. The minimum absolute atomic E-state index is 0.117. The van der Waals surface area contributed by atoms with Gasteiger partial charge in [0.1, 0.15) is 6.04 Å². The Labute approximate surface area is 117 Å². The zero-order chi connectivity index (χ0) is 13.8. The molecule has 3 atom stereocenters. The molecule has 2 aliphatic carbocycles. The summed E-state index contributed by atoms with van der Waals surface area (Å²) < 4.78 is 0. The van der Waals surface area contributed by atoms with E-state index in [0.717, 1.165) is 32.1 Å². The van der Waals surface area contributed by atoms with Crippen LogP contribution >= 0.6 is 11.8 Å². The molecule has 0 aromatic rings. The Bertz CT molecular complexity index is 347. The number of carboxylic acids is 1. The van der Waals surface area contributed by atoms with Crippen molar-refractivity contribution >= 4 is 23.8 Å². The number of thioether (sulfide) groups is 1. The molecule has 2 rings (SSSR count). The Morgan fingerprint density at radius 2 is 1.89 bits per heavy atom. The number of carbonyl (C=O) groups is 2. The second-order valence-corrected chi connectivity index (χ2v) is 6.51. The van der Waals surface area contributed by atoms with Crippen molar-refractivity contribution < 1.29 is 14.7 Å². The van der Waals surface area contributed by atoms with Crippen LogP contribution in [0.1, 0.15) is 38.5 Å². The van der Waals surface area contributed by atoms with Gasteiger partial charge in [0.15, 0.2) is 0 Å². The molecule has 0 heterocycles. The first-order valence-corrected chi connectivity index (χ1v) is 8.23. The average Bonchev–Trinajstić information content (AvgIpc) is 3.20. The van der Waals surface area contributed by atoms with E-state index >= 15 is 0 Å². The summed E-state index contributed by atoms with van der Waals surface area (Å²) in [6.07, 6.45) is 8.31. The van der Waals surface area contributed by atoms with Crippen LogP contribution in [0, 0.1) is 5.92 Å². The van der Waals surface area contributed by atoms with E-state index in [1.165, 1.54) is 6.42 Å². The lowest BCUT2D eigenvalue weighted by atomic mass is 9.95. The average molecular weight is 286 g/mol. The molecule has 2 amide bonds. The Morgan fingerprint density at radius 3 is 2.47 bits per heavy atom. The SMILES string of the molecule is CSC1CCCCC1NC(=O)NC(C(=O)O)C1CC1. The molecule has 0 bridgehead atoms. The largest absolute Gasteiger partial charge is 0.480 e. The van der Waals surface area contributed by atoms with Gasteiger partial charge in [-0.3, -0.25) is 0 Å². The zero-order valence-corrected chi connectivity index (χ0v) is 12.0. The highest BCUT2D eigenvalue weighted by Gasteiger charge is 2.37. The van der Waals surface area contributed by atoms with Crippen molar-refractivity contribution in [1.29, 1.82) is 0 Å². The summed E-state index contributed by atoms with van der Waals surface area (Å²) in [5, 5.41) is 15.1. The van der Waals surface area contributed by atoms with Crippen LogP contribution in [0.25, 0.3) is 0 Å². The first-order chi connectivity index (χ1) is 9.11. The molecule has 19 heavy (non-hydrogen) atoms. The van der Waals surface area contributed by atoms with Gasteiger partial charge in [0.2, 0.25) is 0 Å². The van der Waals surface area contributed by atoms with E-state index in [2.05, 4.69) is 16.9 Å². The van der Waals surface area contributed by atoms with E-state index in [1.54, 1.807) is 11.8 Å². The van der Waals surface area contributed by atoms with Crippen LogP contribution in [0.5, 0.6) is 0 Å². The molecule has 0 saturated heterocycles. The highest BCUT2D eigenvalue weighted by atomic mass is 32.2. The van der Waals surface area contributed by atoms with Crippen LogP contribution in [0.15, 0.2) is 0 Å². The fraction of sp³-hybridized carbons (Fsp3) is 0.846. The number of aliphatic carboxylic acids is 1. The van der Waals surface area contributed by atoms with Crippen LogP contribution in [-0.4, -0.2) is 40.7 Å². The summed E-state index contributed by atoms with van der Waals surface area (Å²) in [6, 6.07) is -0.890. The van der Waals surface area contributed by atoms with E-state index in [4.69, 9.17) is 5.11 Å². The topological polar surface area (TPSA) is 78.4 Å². The fourth-order valence-corrected chi connectivity index (χ4v) is 3.64. The van der Waals surface area contributed by atoms with Crippen LogP contribution in [0.2, 0.25) is 0 Å². The maximum atomic E-state index is 11.9. The molecular weight excluding hydrogens is 264 g/mol. The van der Waals surface area contributed by atoms with Gasteiger partial charge < -0.3 is 15.7 Å². The number of hydrogen-bond acceptors (Lipinski definition) is 3. The maximum absolute atomic E-state index is 11.9. The maximum Gasteiger partial charge on any atom is 0.326 e. The fourth-order valence-electron chi connectivity index (χ4n) is 2.71. The van der Waals surface area contributed by atoms with Gasteiger partial charge in [-0.2, -0.15) is 11.8 Å². The molecule has 0 aliphatic heterocycles. The zero-order valence-electron chi connectivity index (χ0n) is 11.2. The summed E-state index contributed by atoms with van der Waals surface area (Å²) in [5.74, 6) is -0.811. The normalized spacial score (nSPS) is 28.5. The van der Waals surface area contributed by atoms with Gasteiger partial charge in [0.25, 0.3) is 0 Å². The van der Waals surface area contributed by atoms with E-state index in [9.17, 15) is 9.59 Å². The number of rotatable bonds is 5. The molecule has 2 fully saturated rings. The lowest BCUT2D eigenvalue weighted by Gasteiger charge is -2.31. The number of hydrogen-bond donors (Lipinski definition) is 3. The van der Waals surface area contributed by atoms with Crippen molar-refractivity contribution in [3.63, 3.8) is 0 Å². The van der Waals surface area contributed by atoms with Gasteiger partial charge in [-0.15, -0.1) is 0 Å². The molecule has 3 N–H and O–H groups in total. The molecule has 0 aromatic heterocycles. The first-order valence-electron chi connectivity index (χ1n) is 6.94. The number of carboxylic acid groups (broad SMARTS) is 1. The molecule has 0 radical (unpaired) electrons. The molecular formula is C13H22N2O3S. The second-order valence-electron chi connectivity index (χ2n) is 5.44. The van der Waals surface area contributed by atoms with Crippen LogP contribution in [0.3, 0.4) is 0 Å². The van der Waals surface area contributed by atoms with Crippen molar-refractivity contribution in [2.45, 2.75) is 55.9 Å². The smallest absolute Gasteiger partial charge is 0.326 e. The van der Waals surface area contributed by atoms with Crippen LogP contribution in [0.4, 0.5) is 4.79 Å². The van der Waals surface area contributed by atoms with Crippen molar-refractivity contribution in [2.24, 2.45) is 5.92 Å². The Hall–Kier alpha value is -0.910. The van der Waals surface area contributed by atoms with Crippen molar-refractivity contribution in [2.75, 3.05) is 6.26 Å². The van der Waals surface area contributed by atoms with Gasteiger partial charge in [-0.25, -0.2) is 9.59 Å². The minimum Gasteiger partial charge on any atom is -0.480 e. The summed E-state index contributed by atoms with van der Waals surface area (Å²) in [4.78, 5) is 23.0. The quantitative estimate of drug-likeness (QED) is 0.720. The summed E-state index contributed by atoms with van der Waals surface area (Å²) in [7, 11) is 0. The number of carbonyl (C=O) groups excluding carboxylic acids is 1. The number of urea groups is 1. The highest BCUT2D eigenvalue weighted by Crippen LogP contribution is 2.33. The third-order valence-electron chi connectivity index (χ3n) is 3.97. The molecule has 108 valence electrons. The van der Waals surface area contributed by atoms with E-state index in [1.807, 2.05) is 0 Å². The summed E-state index contributed by atoms with van der Waals surface area (Å²) in [5.41, 5.74) is 0. The molecule has 2 aliphatic rings. The van der Waals surface area contributed by atoms with E-state index < -0.39 is 12.0 Å². The van der Waals surface area contributed by atoms with E-state index in [0.29, 0.717) is 5.25 Å². The van der Waals surface area contributed by atoms with Gasteiger partial charge in [-0.05, 0) is 37.9 Å². The van der Waals surface area contributed by atoms with Gasteiger partial charge in [0.05, 0.1) is 0 Å². The third kappa shape index (κ3) is 4.03. The number of amides is 2. The van der Waals surface area contributed by atoms with Crippen molar-refractivity contribution in [1.82, 2.24) is 10.6 Å². The van der Waals surface area contributed by atoms with Crippen molar-refractivity contribution in [3.8, 4) is 0 Å². The Balaban J connectivity index is 1.83. The molecule has 5 nitrogen and oxygen atoms in total.